The number of hydrogen-bond donors (Lipinski definition) is 4. The number of aromatic nitrogens is 6. The van der Waals surface area contributed by atoms with Gasteiger partial charge in [0.25, 0.3) is 0 Å². The summed E-state index contributed by atoms with van der Waals surface area (Å²) in [5.41, 5.74) is 3.19. The third kappa shape index (κ3) is 3.46. The summed E-state index contributed by atoms with van der Waals surface area (Å²) in [6.07, 6.45) is 6.24. The average Bonchev–Trinajstić information content (AvgIpc) is 3.57. The van der Waals surface area contributed by atoms with E-state index < -0.39 is 34.3 Å². The number of anilines is 1. The van der Waals surface area contributed by atoms with Gasteiger partial charge in [0.1, 0.15) is 22.9 Å². The molecule has 0 radical (unpaired) electrons. The summed E-state index contributed by atoms with van der Waals surface area (Å²) >= 11 is 12.7. The first-order valence-corrected chi connectivity index (χ1v) is 12.4. The Kier molecular flexibility index (Phi) is 6.49. The van der Waals surface area contributed by atoms with Crippen molar-refractivity contribution in [2.24, 2.45) is 0 Å². The first-order valence-electron chi connectivity index (χ1n) is 10.7. The van der Waals surface area contributed by atoms with Crippen molar-refractivity contribution in [1.82, 2.24) is 29.9 Å². The first-order chi connectivity index (χ1) is 17.3. The van der Waals surface area contributed by atoms with E-state index in [9.17, 15) is 10.2 Å². The van der Waals surface area contributed by atoms with Gasteiger partial charge in [0.05, 0.1) is 12.8 Å². The predicted molar refractivity (Wildman–Crippen MR) is 135 cm³/mol. The summed E-state index contributed by atoms with van der Waals surface area (Å²) in [5.74, 6) is 0. The number of nitrogens with two attached hydrogens (primary N) is 1. The number of ether oxygens (including phenoxy) is 2. The summed E-state index contributed by atoms with van der Waals surface area (Å²) in [4.78, 5) is 12.8. The van der Waals surface area contributed by atoms with Gasteiger partial charge in [0.2, 0.25) is 0 Å². The second-order valence-corrected chi connectivity index (χ2v) is 10.1. The molecule has 1 saturated heterocycles. The number of nitrogens with zero attached hydrogens (tertiary/aromatic N) is 6. The molecule has 5 rings (SSSR count). The van der Waals surface area contributed by atoms with Crippen LogP contribution in [0.15, 0.2) is 60.6 Å². The number of thiazole rings is 1. The van der Waals surface area contributed by atoms with E-state index in [1.807, 2.05) is 0 Å². The predicted octanol–water partition coefficient (Wildman–Crippen LogP) is 1.63. The van der Waals surface area contributed by atoms with Crippen LogP contribution in [0.3, 0.4) is 0 Å². The van der Waals surface area contributed by atoms with E-state index in [1.165, 1.54) is 23.1 Å². The molecule has 0 amide bonds. The van der Waals surface area contributed by atoms with Crippen molar-refractivity contribution in [1.29, 1.82) is 0 Å². The zero-order valence-electron chi connectivity index (χ0n) is 18.8. The average molecular weight is 548 g/mol. The first kappa shape index (κ1) is 25.0. The molecule has 2 unspecified atom stereocenters. The summed E-state index contributed by atoms with van der Waals surface area (Å²) in [6.45, 7) is -0.744. The highest BCUT2D eigenvalue weighted by molar-refractivity contribution is 7.80. The van der Waals surface area contributed by atoms with E-state index in [4.69, 9.17) is 39.4 Å². The number of methoxy groups -OCH3 is 1. The minimum atomic E-state index is -2.00. The number of halogens is 1. The molecule has 0 spiro atoms. The highest BCUT2D eigenvalue weighted by Gasteiger charge is 2.73. The number of pyridine rings is 2. The fraction of sp³-hybridized carbons (Fsp3) is 0.318. The van der Waals surface area contributed by atoms with Gasteiger partial charge < -0.3 is 25.4 Å². The van der Waals surface area contributed by atoms with Crippen LogP contribution in [-0.4, -0.2) is 70.5 Å². The Bertz CT molecular complexity index is 1350. The molecule has 0 aliphatic carbocycles. The molecule has 4 aromatic rings. The van der Waals surface area contributed by atoms with Crippen LogP contribution >= 0.6 is 35.6 Å². The Morgan fingerprint density at radius 1 is 1.22 bits per heavy atom. The van der Waals surface area contributed by atoms with Crippen LogP contribution in [0.2, 0.25) is 0 Å². The summed E-state index contributed by atoms with van der Waals surface area (Å²) in [7, 11) is 1.45. The molecule has 1 fully saturated rings. The third-order valence-corrected chi connectivity index (χ3v) is 7.95. The third-order valence-electron chi connectivity index (χ3n) is 6.39. The van der Waals surface area contributed by atoms with Crippen molar-refractivity contribution in [2.75, 3.05) is 19.5 Å². The van der Waals surface area contributed by atoms with Crippen molar-refractivity contribution in [3.05, 3.63) is 71.8 Å². The van der Waals surface area contributed by atoms with Crippen molar-refractivity contribution < 1.29 is 19.7 Å². The maximum Gasteiger partial charge on any atom is 0.194 e. The van der Waals surface area contributed by atoms with Crippen LogP contribution < -0.4 is 5.73 Å². The van der Waals surface area contributed by atoms with E-state index in [-0.39, 0.29) is 0 Å². The highest BCUT2D eigenvalue weighted by Crippen LogP contribution is 2.59. The van der Waals surface area contributed by atoms with Crippen LogP contribution in [0.5, 0.6) is 0 Å². The lowest BCUT2D eigenvalue weighted by Crippen LogP contribution is -2.75. The van der Waals surface area contributed by atoms with Crippen LogP contribution in [0.4, 0.5) is 5.13 Å². The SMILES string of the molecule is COC1(c2cccnc2)[C@H](S)OC(Cl)(CO)[C@@H](O)[C@@]1(c1cccnc1)n1cc(-c2csc(N)n2)nn1. The quantitative estimate of drug-likeness (QED) is 0.207. The summed E-state index contributed by atoms with van der Waals surface area (Å²) in [5, 5.41) is 31.2. The smallest absolute Gasteiger partial charge is 0.194 e. The Balaban J connectivity index is 1.89. The molecule has 0 aromatic carbocycles. The van der Waals surface area contributed by atoms with Gasteiger partial charge in [-0.15, -0.1) is 29.1 Å². The van der Waals surface area contributed by atoms with Crippen molar-refractivity contribution >= 4 is 40.7 Å². The van der Waals surface area contributed by atoms with Gasteiger partial charge in [-0.2, -0.15) is 0 Å². The highest BCUT2D eigenvalue weighted by atomic mass is 35.5. The molecule has 14 heteroatoms. The molecule has 11 nitrogen and oxygen atoms in total. The second-order valence-electron chi connectivity index (χ2n) is 8.13. The van der Waals surface area contributed by atoms with Crippen LogP contribution in [0.25, 0.3) is 11.4 Å². The van der Waals surface area contributed by atoms with E-state index in [0.29, 0.717) is 27.6 Å². The topological polar surface area (TPSA) is 154 Å². The molecular weight excluding hydrogens is 526 g/mol. The Labute approximate surface area is 220 Å². The number of nitrogen functional groups attached to an aromatic ring is 1. The van der Waals surface area contributed by atoms with E-state index in [1.54, 1.807) is 60.6 Å². The molecule has 5 atom stereocenters. The fourth-order valence-corrected chi connectivity index (χ4v) is 6.33. The van der Waals surface area contributed by atoms with Crippen molar-refractivity contribution in [2.45, 2.75) is 27.7 Å². The molecule has 0 saturated carbocycles. The minimum absolute atomic E-state index is 0.365. The fourth-order valence-electron chi connectivity index (χ4n) is 4.83. The van der Waals surface area contributed by atoms with Gasteiger partial charge in [-0.25, -0.2) is 9.67 Å². The molecule has 1 aliphatic rings. The molecule has 4 N–H and O–H groups in total. The van der Waals surface area contributed by atoms with Gasteiger partial charge in [0, 0.05) is 48.4 Å². The van der Waals surface area contributed by atoms with Crippen molar-refractivity contribution in [3.63, 3.8) is 0 Å². The lowest BCUT2D eigenvalue weighted by Gasteiger charge is -2.60. The number of rotatable bonds is 6. The summed E-state index contributed by atoms with van der Waals surface area (Å²) in [6, 6.07) is 6.92. The normalized spacial score (nSPS) is 30.4. The zero-order valence-corrected chi connectivity index (χ0v) is 21.3. The molecular formula is C22H22ClN7O4S2. The van der Waals surface area contributed by atoms with Gasteiger partial charge in [-0.05, 0) is 12.1 Å². The van der Waals surface area contributed by atoms with E-state index in [0.717, 1.165) is 0 Å². The number of hydrogen-bond acceptors (Lipinski definition) is 12. The van der Waals surface area contributed by atoms with E-state index >= 15 is 0 Å². The number of alkyl halides is 1. The largest absolute Gasteiger partial charge is 0.392 e. The summed E-state index contributed by atoms with van der Waals surface area (Å²) < 4.78 is 13.6. The maximum absolute atomic E-state index is 12.1. The number of thiol groups is 1. The molecule has 1 aliphatic heterocycles. The van der Waals surface area contributed by atoms with Gasteiger partial charge >= 0.3 is 0 Å². The standard InChI is InChI=1S/C22H22ClN7O4S2/c1-33-22(14-5-3-7-26-9-14)18(35)34-20(23,12-31)17(32)21(22,13-4-2-6-25-8-13)30-10-15(28-29-30)16-11-36-19(24)27-16/h2-11,17-18,31-32,35H,12H2,1H3,(H2,24,27)/t17-,18+,20?,21-,22?/m1/s1. The second kappa shape index (κ2) is 9.34. The van der Waals surface area contributed by atoms with Crippen LogP contribution in [0.1, 0.15) is 11.1 Å². The van der Waals surface area contributed by atoms with Crippen LogP contribution in [-0.2, 0) is 20.6 Å². The monoisotopic (exact) mass is 547 g/mol. The Morgan fingerprint density at radius 2 is 1.92 bits per heavy atom. The molecule has 5 heterocycles. The lowest BCUT2D eigenvalue weighted by molar-refractivity contribution is -0.282. The Morgan fingerprint density at radius 3 is 2.47 bits per heavy atom. The number of aliphatic hydroxyl groups excluding tert-OH is 2. The lowest BCUT2D eigenvalue weighted by atomic mass is 9.65. The molecule has 36 heavy (non-hydrogen) atoms. The van der Waals surface area contributed by atoms with Crippen molar-refractivity contribution in [3.8, 4) is 11.4 Å². The van der Waals surface area contributed by atoms with Gasteiger partial charge in [0.15, 0.2) is 21.3 Å². The number of aliphatic hydroxyl groups is 2. The zero-order chi connectivity index (χ0) is 25.6. The van der Waals surface area contributed by atoms with E-state index in [2.05, 4.69) is 25.3 Å². The molecule has 0 bridgehead atoms. The minimum Gasteiger partial charge on any atom is -0.392 e. The Hall–Kier alpha value is -2.65. The van der Waals surface area contributed by atoms with Gasteiger partial charge in [-0.1, -0.05) is 28.9 Å². The molecule has 188 valence electrons. The van der Waals surface area contributed by atoms with Gasteiger partial charge in [-0.3, -0.25) is 9.97 Å². The molecule has 4 aromatic heterocycles. The maximum atomic E-state index is 12.1. The van der Waals surface area contributed by atoms with Crippen LogP contribution in [0, 0.1) is 0 Å².